The lowest BCUT2D eigenvalue weighted by molar-refractivity contribution is -0.145. The van der Waals surface area contributed by atoms with E-state index in [0.717, 1.165) is 25.7 Å². The van der Waals surface area contributed by atoms with Crippen molar-refractivity contribution >= 4 is 39.4 Å². The number of amides is 5. The zero-order valence-electron chi connectivity index (χ0n) is 30.0. The van der Waals surface area contributed by atoms with Crippen LogP contribution in [0.15, 0.2) is 0 Å². The van der Waals surface area contributed by atoms with Crippen molar-refractivity contribution in [1.29, 1.82) is 0 Å². The predicted octanol–water partition coefficient (Wildman–Crippen LogP) is 3.22. The number of likely N-dealkylation sites (tertiary alicyclic amines) is 1. The lowest BCUT2D eigenvalue weighted by Gasteiger charge is -2.41. The Morgan fingerprint density at radius 1 is 0.851 bits per heavy atom. The molecule has 12 nitrogen and oxygen atoms in total. The molecule has 1 heterocycles. The van der Waals surface area contributed by atoms with E-state index in [0.29, 0.717) is 32.1 Å². The van der Waals surface area contributed by atoms with Crippen LogP contribution in [-0.2, 0) is 29.0 Å². The minimum atomic E-state index is -3.57. The number of nitrogens with two attached hydrogens (primary N) is 1. The Hall–Kier alpha value is -2.70. The minimum absolute atomic E-state index is 0.195. The van der Waals surface area contributed by atoms with Crippen molar-refractivity contribution < 1.29 is 32.4 Å². The van der Waals surface area contributed by atoms with Crippen molar-refractivity contribution in [1.82, 2.24) is 20.9 Å². The highest BCUT2D eigenvalue weighted by Gasteiger charge is 2.51. The first-order valence-electron chi connectivity index (χ1n) is 17.2. The number of sulfone groups is 1. The van der Waals surface area contributed by atoms with E-state index >= 15 is 0 Å². The summed E-state index contributed by atoms with van der Waals surface area (Å²) < 4.78 is 25.6. The lowest BCUT2D eigenvalue weighted by atomic mass is 9.75. The summed E-state index contributed by atoms with van der Waals surface area (Å²) in [6.45, 7) is 16.7. The van der Waals surface area contributed by atoms with E-state index in [9.17, 15) is 32.4 Å². The molecule has 3 fully saturated rings. The van der Waals surface area contributed by atoms with Crippen LogP contribution in [0.3, 0.4) is 0 Å². The summed E-state index contributed by atoms with van der Waals surface area (Å²) in [5, 5.41) is 8.66. The molecule has 5 N–H and O–H groups in total. The summed E-state index contributed by atoms with van der Waals surface area (Å²) in [5.41, 5.74) is 3.22. The van der Waals surface area contributed by atoms with Gasteiger partial charge in [-0.1, -0.05) is 67.2 Å². The van der Waals surface area contributed by atoms with Crippen LogP contribution in [0.2, 0.25) is 0 Å². The average Bonchev–Trinajstić information content (AvgIpc) is 3.34. The summed E-state index contributed by atoms with van der Waals surface area (Å²) >= 11 is 0. The highest BCUT2D eigenvalue weighted by Crippen LogP contribution is 2.40. The van der Waals surface area contributed by atoms with Gasteiger partial charge in [-0.3, -0.25) is 19.2 Å². The molecule has 3 aliphatic rings. The van der Waals surface area contributed by atoms with Gasteiger partial charge in [-0.2, -0.15) is 0 Å². The monoisotopic (exact) mass is 681 g/mol. The first-order chi connectivity index (χ1) is 21.4. The fourth-order valence-corrected chi connectivity index (χ4v) is 8.69. The second kappa shape index (κ2) is 14.0. The summed E-state index contributed by atoms with van der Waals surface area (Å²) in [4.78, 5) is 68.3. The number of Topliss-reactive ketones (excluding diaryl/α,β-unsaturated/α-hetero) is 1. The van der Waals surface area contributed by atoms with Gasteiger partial charge in [-0.05, 0) is 75.5 Å². The Labute approximate surface area is 281 Å². The minimum Gasteiger partial charge on any atom is -0.363 e. The van der Waals surface area contributed by atoms with Crippen LogP contribution in [0, 0.1) is 22.7 Å². The molecule has 13 heteroatoms. The summed E-state index contributed by atoms with van der Waals surface area (Å²) in [7, 11) is -3.57. The van der Waals surface area contributed by atoms with Crippen molar-refractivity contribution in [2.75, 3.05) is 12.3 Å². The highest BCUT2D eigenvalue weighted by atomic mass is 32.2. The molecule has 0 radical (unpaired) electrons. The van der Waals surface area contributed by atoms with Crippen molar-refractivity contribution in [3.63, 3.8) is 0 Å². The van der Waals surface area contributed by atoms with Gasteiger partial charge in [-0.25, -0.2) is 13.2 Å². The molecule has 1 saturated heterocycles. The van der Waals surface area contributed by atoms with Crippen LogP contribution in [-0.4, -0.2) is 83.6 Å². The molecule has 1 aliphatic heterocycles. The highest BCUT2D eigenvalue weighted by molar-refractivity contribution is 7.92. The number of urea groups is 1. The largest absolute Gasteiger partial charge is 0.363 e. The Bertz CT molecular complexity index is 1320. The first-order valence-corrected chi connectivity index (χ1v) is 18.8. The van der Waals surface area contributed by atoms with Gasteiger partial charge in [0.05, 0.1) is 16.0 Å². The van der Waals surface area contributed by atoms with Crippen molar-refractivity contribution in [3.8, 4) is 0 Å². The second-order valence-electron chi connectivity index (χ2n) is 17.3. The molecular formula is C34H59N5O7S. The van der Waals surface area contributed by atoms with E-state index < -0.39 is 73.2 Å². The van der Waals surface area contributed by atoms with E-state index in [1.165, 1.54) is 4.90 Å². The number of carbonyl (C=O) groups excluding carboxylic acids is 5. The van der Waals surface area contributed by atoms with Crippen LogP contribution in [0.4, 0.5) is 4.79 Å². The molecule has 3 rings (SSSR count). The van der Waals surface area contributed by atoms with E-state index in [4.69, 9.17) is 5.73 Å². The van der Waals surface area contributed by atoms with E-state index in [1.54, 1.807) is 20.8 Å². The molecule has 5 amide bonds. The Kier molecular flexibility index (Phi) is 11.6. The smallest absolute Gasteiger partial charge is 0.315 e. The quantitative estimate of drug-likeness (QED) is 0.255. The van der Waals surface area contributed by atoms with Crippen LogP contribution < -0.4 is 21.7 Å². The standard InChI is InChI=1S/C34H59N5O7S/c1-31(2,3)22-16-19-39(24(22)28(42)36-23(21-14-13-15-21)25(40)27(35)41)29(43)26(32(4,5)6)37-30(44)38-34(17-11-10-12-18-34)20-47(45,46)33(7,8)9/h21-24,26H,10-20H2,1-9H3,(H2,35,41)(H,36,42)(H2,37,38,44)/t22?,23?,24?,26-/m1/s1. The Morgan fingerprint density at radius 2 is 1.43 bits per heavy atom. The second-order valence-corrected chi connectivity index (χ2v) is 20.0. The van der Waals surface area contributed by atoms with Crippen LogP contribution in [0.25, 0.3) is 0 Å². The summed E-state index contributed by atoms with van der Waals surface area (Å²) in [6.07, 6.45) is 6.31. The molecule has 0 aromatic carbocycles. The third kappa shape index (κ3) is 9.06. The van der Waals surface area contributed by atoms with Gasteiger partial charge in [0, 0.05) is 6.54 Å². The zero-order chi connectivity index (χ0) is 35.8. The first kappa shape index (κ1) is 38.7. The number of primary amides is 1. The van der Waals surface area contributed by atoms with Crippen LogP contribution in [0.5, 0.6) is 0 Å². The summed E-state index contributed by atoms with van der Waals surface area (Å²) in [6, 6.07) is -3.67. The van der Waals surface area contributed by atoms with Gasteiger partial charge < -0.3 is 26.6 Å². The molecule has 3 unspecified atom stereocenters. The molecule has 0 aromatic rings. The SMILES string of the molecule is CC(C)(C)C1CCN(C(=O)[C@@H](NC(=O)NC2(CS(=O)(=O)C(C)(C)C)CCCCC2)C(C)(C)C)C1C(=O)NC(C(=O)C(N)=O)C1CCC1. The number of hydrogen-bond donors (Lipinski definition) is 4. The predicted molar refractivity (Wildman–Crippen MR) is 181 cm³/mol. The molecule has 0 spiro atoms. The van der Waals surface area contributed by atoms with Gasteiger partial charge in [-0.15, -0.1) is 0 Å². The molecule has 0 aromatic heterocycles. The molecule has 268 valence electrons. The fraction of sp³-hybridized carbons (Fsp3) is 0.853. The fourth-order valence-electron chi connectivity index (χ4n) is 7.17. The molecule has 2 aliphatic carbocycles. The number of nitrogens with zero attached hydrogens (tertiary/aromatic N) is 1. The third-order valence-corrected chi connectivity index (χ3v) is 13.3. The molecular weight excluding hydrogens is 622 g/mol. The Morgan fingerprint density at radius 3 is 1.87 bits per heavy atom. The molecule has 4 atom stereocenters. The van der Waals surface area contributed by atoms with Gasteiger partial charge in [0.1, 0.15) is 18.1 Å². The number of ketones is 1. The summed E-state index contributed by atoms with van der Waals surface area (Å²) in [5.74, 6) is -3.57. The van der Waals surface area contributed by atoms with Gasteiger partial charge >= 0.3 is 6.03 Å². The average molecular weight is 682 g/mol. The topological polar surface area (TPSA) is 185 Å². The molecule has 47 heavy (non-hydrogen) atoms. The van der Waals surface area contributed by atoms with E-state index in [1.807, 2.05) is 41.5 Å². The van der Waals surface area contributed by atoms with Gasteiger partial charge in [0.15, 0.2) is 9.84 Å². The molecule has 2 saturated carbocycles. The molecule has 0 bridgehead atoms. The number of hydrogen-bond acceptors (Lipinski definition) is 7. The van der Waals surface area contributed by atoms with Crippen molar-refractivity contribution in [2.45, 2.75) is 149 Å². The maximum absolute atomic E-state index is 14.4. The maximum Gasteiger partial charge on any atom is 0.315 e. The third-order valence-electron chi connectivity index (χ3n) is 10.5. The van der Waals surface area contributed by atoms with Crippen LogP contribution in [0.1, 0.15) is 120 Å². The number of carbonyl (C=O) groups is 5. The van der Waals surface area contributed by atoms with E-state index in [-0.39, 0.29) is 29.5 Å². The van der Waals surface area contributed by atoms with Crippen LogP contribution >= 0.6 is 0 Å². The number of rotatable bonds is 10. The van der Waals surface area contributed by atoms with Crippen molar-refractivity contribution in [3.05, 3.63) is 0 Å². The maximum atomic E-state index is 14.4. The number of nitrogens with one attached hydrogen (secondary N) is 3. The Balaban J connectivity index is 1.90. The van der Waals surface area contributed by atoms with E-state index in [2.05, 4.69) is 16.0 Å². The zero-order valence-corrected chi connectivity index (χ0v) is 30.8. The van der Waals surface area contributed by atoms with Crippen molar-refractivity contribution in [2.24, 2.45) is 28.4 Å². The normalized spacial score (nSPS) is 23.6. The lowest BCUT2D eigenvalue weighted by Crippen LogP contribution is -2.64. The van der Waals surface area contributed by atoms with Gasteiger partial charge in [0.25, 0.3) is 5.91 Å². The van der Waals surface area contributed by atoms with Gasteiger partial charge in [0.2, 0.25) is 17.6 Å².